The number of nitrogens with zero attached hydrogens (tertiary/aromatic N) is 1. The van der Waals surface area contributed by atoms with Crippen LogP contribution in [0.15, 0.2) is 36.4 Å². The second-order valence-electron chi connectivity index (χ2n) is 6.34. The lowest BCUT2D eigenvalue weighted by atomic mass is 10.2. The molecule has 5 nitrogen and oxygen atoms in total. The summed E-state index contributed by atoms with van der Waals surface area (Å²) in [5, 5.41) is 2.86. The van der Waals surface area contributed by atoms with E-state index in [9.17, 15) is 9.59 Å². The number of benzene rings is 1. The van der Waals surface area contributed by atoms with E-state index < -0.39 is 0 Å². The van der Waals surface area contributed by atoms with E-state index in [0.29, 0.717) is 13.1 Å². The van der Waals surface area contributed by atoms with E-state index in [1.54, 1.807) is 4.90 Å². The van der Waals surface area contributed by atoms with E-state index in [0.717, 1.165) is 25.4 Å². The van der Waals surface area contributed by atoms with Crippen LogP contribution in [0.5, 0.6) is 0 Å². The zero-order chi connectivity index (χ0) is 19.1. The average molecular weight is 395 g/mol. The van der Waals surface area contributed by atoms with Gasteiger partial charge in [0.25, 0.3) is 11.8 Å². The second kappa shape index (κ2) is 9.71. The molecular formula is C19H25ClN3O2S+. The van der Waals surface area contributed by atoms with Crippen LogP contribution in [0.1, 0.15) is 17.4 Å². The van der Waals surface area contributed by atoms with Gasteiger partial charge in [-0.3, -0.25) is 9.59 Å². The van der Waals surface area contributed by atoms with Gasteiger partial charge in [0.15, 0.2) is 13.1 Å². The van der Waals surface area contributed by atoms with Crippen LogP contribution in [0, 0.1) is 6.92 Å². The maximum atomic E-state index is 12.5. The van der Waals surface area contributed by atoms with Crippen molar-refractivity contribution in [1.82, 2.24) is 4.90 Å². The second-order valence-corrected chi connectivity index (χ2v) is 8.14. The molecule has 0 bridgehead atoms. The Morgan fingerprint density at radius 2 is 1.85 bits per heavy atom. The van der Waals surface area contributed by atoms with Gasteiger partial charge in [0.05, 0.1) is 17.9 Å². The summed E-state index contributed by atoms with van der Waals surface area (Å²) in [6.45, 7) is 5.63. The molecule has 0 spiro atoms. The van der Waals surface area contributed by atoms with Gasteiger partial charge in [0, 0.05) is 17.1 Å². The van der Waals surface area contributed by atoms with Crippen molar-refractivity contribution in [3.05, 3.63) is 51.2 Å². The van der Waals surface area contributed by atoms with Crippen molar-refractivity contribution >= 4 is 40.4 Å². The van der Waals surface area contributed by atoms with Crippen LogP contribution in [0.3, 0.4) is 0 Å². The van der Waals surface area contributed by atoms with Gasteiger partial charge in [-0.25, -0.2) is 0 Å². The predicted octanol–water partition coefficient (Wildman–Crippen LogP) is 2.21. The van der Waals surface area contributed by atoms with Crippen molar-refractivity contribution in [3.8, 4) is 0 Å². The van der Waals surface area contributed by atoms with Gasteiger partial charge < -0.3 is 15.1 Å². The number of halogens is 1. The van der Waals surface area contributed by atoms with Crippen molar-refractivity contribution in [3.63, 3.8) is 0 Å². The number of amides is 2. The largest absolute Gasteiger partial charge is 0.333 e. The quantitative estimate of drug-likeness (QED) is 0.721. The molecule has 0 saturated heterocycles. The predicted molar refractivity (Wildman–Crippen MR) is 107 cm³/mol. The van der Waals surface area contributed by atoms with E-state index in [4.69, 9.17) is 11.6 Å². The monoisotopic (exact) mass is 394 g/mol. The molecule has 2 N–H and O–H groups in total. The van der Waals surface area contributed by atoms with Crippen molar-refractivity contribution < 1.29 is 14.5 Å². The maximum absolute atomic E-state index is 12.5. The number of rotatable bonds is 8. The summed E-state index contributed by atoms with van der Waals surface area (Å²) in [6, 6.07) is 11.4. The van der Waals surface area contributed by atoms with Gasteiger partial charge in [0.1, 0.15) is 0 Å². The molecule has 0 aliphatic rings. The van der Waals surface area contributed by atoms with Gasteiger partial charge in [-0.05, 0) is 38.1 Å². The molecule has 1 aromatic carbocycles. The highest BCUT2D eigenvalue weighted by Crippen LogP contribution is 2.22. The molecule has 1 atom stereocenters. The zero-order valence-corrected chi connectivity index (χ0v) is 16.9. The van der Waals surface area contributed by atoms with Crippen molar-refractivity contribution in [2.24, 2.45) is 0 Å². The van der Waals surface area contributed by atoms with E-state index in [2.05, 4.69) is 5.32 Å². The standard InChI is InChI=1S/C19H24ClN3O2S/c1-4-23(11-16-9-10-17(20)26-16)19(25)13-22(3)12-18(24)21-15-7-5-14(2)6-8-15/h5-10H,4,11-13H2,1-3H3,(H,21,24)/p+1. The van der Waals surface area contributed by atoms with Crippen LogP contribution in [-0.2, 0) is 16.1 Å². The molecule has 0 radical (unpaired) electrons. The minimum Gasteiger partial charge on any atom is -0.333 e. The summed E-state index contributed by atoms with van der Waals surface area (Å²) in [6.07, 6.45) is 0. The average Bonchev–Trinajstić information content (AvgIpc) is 2.99. The molecule has 7 heteroatoms. The molecule has 2 aromatic rings. The van der Waals surface area contributed by atoms with E-state index in [1.807, 2.05) is 57.3 Å². The van der Waals surface area contributed by atoms with Crippen LogP contribution in [-0.4, -0.2) is 43.4 Å². The lowest BCUT2D eigenvalue weighted by molar-refractivity contribution is -0.862. The SMILES string of the molecule is CCN(Cc1ccc(Cl)s1)C(=O)C[NH+](C)CC(=O)Nc1ccc(C)cc1. The smallest absolute Gasteiger partial charge is 0.279 e. The van der Waals surface area contributed by atoms with Gasteiger partial charge in [0.2, 0.25) is 0 Å². The molecular weight excluding hydrogens is 370 g/mol. The Balaban J connectivity index is 1.82. The first kappa shape index (κ1) is 20.4. The normalized spacial score (nSPS) is 11.8. The number of carbonyl (C=O) groups excluding carboxylic acids is 2. The fraction of sp³-hybridized carbons (Fsp3) is 0.368. The summed E-state index contributed by atoms with van der Waals surface area (Å²) in [7, 11) is 1.85. The Bertz CT molecular complexity index is 745. The zero-order valence-electron chi connectivity index (χ0n) is 15.3. The van der Waals surface area contributed by atoms with Crippen LogP contribution < -0.4 is 10.2 Å². The van der Waals surface area contributed by atoms with Crippen molar-refractivity contribution in [1.29, 1.82) is 0 Å². The van der Waals surface area contributed by atoms with Crippen molar-refractivity contribution in [2.75, 3.05) is 32.0 Å². The molecule has 0 fully saturated rings. The minimum absolute atomic E-state index is 0.0256. The fourth-order valence-electron chi connectivity index (χ4n) is 2.55. The number of carbonyl (C=O) groups is 2. The van der Waals surface area contributed by atoms with Crippen LogP contribution in [0.25, 0.3) is 0 Å². The van der Waals surface area contributed by atoms with E-state index >= 15 is 0 Å². The number of hydrogen-bond donors (Lipinski definition) is 2. The molecule has 0 aliphatic heterocycles. The highest BCUT2D eigenvalue weighted by Gasteiger charge is 2.19. The Morgan fingerprint density at radius 1 is 1.15 bits per heavy atom. The molecule has 2 rings (SSSR count). The number of hydrogen-bond acceptors (Lipinski definition) is 3. The molecule has 1 aromatic heterocycles. The Morgan fingerprint density at radius 3 is 2.42 bits per heavy atom. The summed E-state index contributed by atoms with van der Waals surface area (Å²) in [4.78, 5) is 28.4. The van der Waals surface area contributed by atoms with E-state index in [-0.39, 0.29) is 24.9 Å². The van der Waals surface area contributed by atoms with Gasteiger partial charge in [-0.1, -0.05) is 29.3 Å². The molecule has 26 heavy (non-hydrogen) atoms. The van der Waals surface area contributed by atoms with Crippen LogP contribution in [0.2, 0.25) is 4.34 Å². The number of aryl methyl sites for hydroxylation is 1. The number of likely N-dealkylation sites (N-methyl/N-ethyl adjacent to an activating group) is 2. The number of anilines is 1. The molecule has 140 valence electrons. The number of quaternary nitrogens is 1. The fourth-order valence-corrected chi connectivity index (χ4v) is 3.65. The molecule has 1 unspecified atom stereocenters. The van der Waals surface area contributed by atoms with Crippen molar-refractivity contribution in [2.45, 2.75) is 20.4 Å². The van der Waals surface area contributed by atoms with Crippen LogP contribution >= 0.6 is 22.9 Å². The third kappa shape index (κ3) is 6.44. The summed E-state index contributed by atoms with van der Waals surface area (Å²) in [5.41, 5.74) is 1.91. The molecule has 0 aliphatic carbocycles. The first-order valence-corrected chi connectivity index (χ1v) is 9.76. The van der Waals surface area contributed by atoms with Gasteiger partial charge >= 0.3 is 0 Å². The third-order valence-corrected chi connectivity index (χ3v) is 5.18. The Kier molecular flexibility index (Phi) is 7.63. The summed E-state index contributed by atoms with van der Waals surface area (Å²) in [5.74, 6) is -0.0788. The lowest BCUT2D eigenvalue weighted by Gasteiger charge is -2.22. The molecule has 0 saturated carbocycles. The Hall–Kier alpha value is -1.89. The third-order valence-electron chi connectivity index (χ3n) is 3.96. The highest BCUT2D eigenvalue weighted by molar-refractivity contribution is 7.16. The van der Waals surface area contributed by atoms with Crippen LogP contribution in [0.4, 0.5) is 5.69 Å². The first-order valence-electron chi connectivity index (χ1n) is 8.57. The minimum atomic E-state index is -0.104. The van der Waals surface area contributed by atoms with Gasteiger partial charge in [-0.15, -0.1) is 11.3 Å². The first-order chi connectivity index (χ1) is 12.4. The molecule has 1 heterocycles. The van der Waals surface area contributed by atoms with E-state index in [1.165, 1.54) is 11.3 Å². The number of nitrogens with one attached hydrogen (secondary N) is 2. The topological polar surface area (TPSA) is 53.9 Å². The lowest BCUT2D eigenvalue weighted by Crippen LogP contribution is -3.11. The highest BCUT2D eigenvalue weighted by atomic mass is 35.5. The number of thiophene rings is 1. The summed E-state index contributed by atoms with van der Waals surface area (Å²) >= 11 is 7.43. The Labute approximate surface area is 163 Å². The summed E-state index contributed by atoms with van der Waals surface area (Å²) < 4.78 is 0.721. The maximum Gasteiger partial charge on any atom is 0.279 e. The molecule has 2 amide bonds. The van der Waals surface area contributed by atoms with Gasteiger partial charge in [-0.2, -0.15) is 0 Å².